The van der Waals surface area contributed by atoms with Crippen LogP contribution in [-0.4, -0.2) is 25.6 Å². The highest BCUT2D eigenvalue weighted by Gasteiger charge is 2.17. The average molecular weight is 261 g/mol. The number of aliphatic carboxylic acids is 1. The Hall–Kier alpha value is -1.91. The van der Waals surface area contributed by atoms with Gasteiger partial charge in [0.05, 0.1) is 5.69 Å². The summed E-state index contributed by atoms with van der Waals surface area (Å²) in [6.07, 6.45) is 2.61. The first-order valence-corrected chi connectivity index (χ1v) is 6.44. The second-order valence-corrected chi connectivity index (χ2v) is 5.17. The summed E-state index contributed by atoms with van der Waals surface area (Å²) in [5, 5.41) is 9.86. The Kier molecular flexibility index (Phi) is 3.55. The van der Waals surface area contributed by atoms with Gasteiger partial charge in [0.2, 0.25) is 0 Å². The van der Waals surface area contributed by atoms with Gasteiger partial charge >= 0.3 is 5.97 Å². The third kappa shape index (κ3) is 2.59. The molecule has 19 heavy (non-hydrogen) atoms. The van der Waals surface area contributed by atoms with E-state index < -0.39 is 5.97 Å². The van der Waals surface area contributed by atoms with Gasteiger partial charge in [-0.2, -0.15) is 0 Å². The van der Waals surface area contributed by atoms with Gasteiger partial charge in [0.1, 0.15) is 11.5 Å². The lowest BCUT2D eigenvalue weighted by atomic mass is 10.0. The van der Waals surface area contributed by atoms with E-state index in [1.165, 1.54) is 0 Å². The van der Waals surface area contributed by atoms with Gasteiger partial charge in [0, 0.05) is 25.1 Å². The molecule has 0 atom stereocenters. The zero-order chi connectivity index (χ0) is 14.2. The molecule has 0 fully saturated rings. The van der Waals surface area contributed by atoms with E-state index in [2.05, 4.69) is 23.8 Å². The van der Waals surface area contributed by atoms with E-state index in [1.807, 2.05) is 24.7 Å². The van der Waals surface area contributed by atoms with E-state index in [4.69, 9.17) is 5.11 Å². The van der Waals surface area contributed by atoms with Crippen LogP contribution in [0.5, 0.6) is 0 Å². The SMILES string of the molecule is Cc1nc(C(C)C)c2c(CCC(=O)O)cn(C)c2n1. The molecule has 102 valence electrons. The Morgan fingerprint density at radius 2 is 2.11 bits per heavy atom. The molecule has 5 heteroatoms. The largest absolute Gasteiger partial charge is 0.481 e. The highest BCUT2D eigenvalue weighted by atomic mass is 16.4. The van der Waals surface area contributed by atoms with Crippen molar-refractivity contribution in [2.45, 2.75) is 39.5 Å². The normalized spacial score (nSPS) is 11.4. The van der Waals surface area contributed by atoms with Gasteiger partial charge in [-0.15, -0.1) is 0 Å². The molecule has 0 saturated carbocycles. The molecule has 0 saturated heterocycles. The van der Waals surface area contributed by atoms with E-state index >= 15 is 0 Å². The van der Waals surface area contributed by atoms with Crippen LogP contribution >= 0.6 is 0 Å². The minimum atomic E-state index is -0.781. The topological polar surface area (TPSA) is 68.0 Å². The predicted molar refractivity (Wildman–Crippen MR) is 73.3 cm³/mol. The zero-order valence-electron chi connectivity index (χ0n) is 11.8. The van der Waals surface area contributed by atoms with Crippen LogP contribution in [0.2, 0.25) is 0 Å². The predicted octanol–water partition coefficient (Wildman–Crippen LogP) is 2.42. The van der Waals surface area contributed by atoms with Crippen LogP contribution < -0.4 is 0 Å². The molecule has 1 N–H and O–H groups in total. The van der Waals surface area contributed by atoms with Gasteiger partial charge in [-0.1, -0.05) is 13.8 Å². The summed E-state index contributed by atoms with van der Waals surface area (Å²) >= 11 is 0. The van der Waals surface area contributed by atoms with Gasteiger partial charge in [0.15, 0.2) is 0 Å². The summed E-state index contributed by atoms with van der Waals surface area (Å²) in [6.45, 7) is 6.07. The number of hydrogen-bond acceptors (Lipinski definition) is 3. The van der Waals surface area contributed by atoms with Gasteiger partial charge < -0.3 is 9.67 Å². The Balaban J connectivity index is 2.62. The first-order valence-electron chi connectivity index (χ1n) is 6.44. The molecular formula is C14H19N3O2. The van der Waals surface area contributed by atoms with E-state index in [-0.39, 0.29) is 12.3 Å². The molecule has 5 nitrogen and oxygen atoms in total. The Bertz CT molecular complexity index is 629. The van der Waals surface area contributed by atoms with Gasteiger partial charge in [-0.05, 0) is 24.8 Å². The number of carboxylic acids is 1. The molecule has 0 radical (unpaired) electrons. The molecular weight excluding hydrogens is 242 g/mol. The first kappa shape index (κ1) is 13.5. The summed E-state index contributed by atoms with van der Waals surface area (Å²) in [5.74, 6) is 0.258. The molecule has 0 amide bonds. The van der Waals surface area contributed by atoms with Crippen LogP contribution in [-0.2, 0) is 18.3 Å². The molecule has 2 rings (SSSR count). The van der Waals surface area contributed by atoms with Crippen LogP contribution in [0.3, 0.4) is 0 Å². The van der Waals surface area contributed by atoms with Crippen molar-refractivity contribution in [3.8, 4) is 0 Å². The maximum absolute atomic E-state index is 10.8. The number of carbonyl (C=O) groups is 1. The van der Waals surface area contributed by atoms with Crippen molar-refractivity contribution in [1.29, 1.82) is 0 Å². The van der Waals surface area contributed by atoms with Crippen molar-refractivity contribution in [3.05, 3.63) is 23.3 Å². The molecule has 0 aliphatic rings. The molecule has 2 aromatic rings. The van der Waals surface area contributed by atoms with E-state index in [0.717, 1.165) is 28.1 Å². The number of hydrogen-bond donors (Lipinski definition) is 1. The third-order valence-electron chi connectivity index (χ3n) is 3.19. The average Bonchev–Trinajstić information content (AvgIpc) is 2.62. The second kappa shape index (κ2) is 4.99. The Labute approximate surface area is 112 Å². The monoisotopic (exact) mass is 261 g/mol. The highest BCUT2D eigenvalue weighted by molar-refractivity contribution is 5.84. The van der Waals surface area contributed by atoms with Crippen LogP contribution in [0.25, 0.3) is 11.0 Å². The van der Waals surface area contributed by atoms with E-state index in [9.17, 15) is 4.79 Å². The Morgan fingerprint density at radius 3 is 2.68 bits per heavy atom. The summed E-state index contributed by atoms with van der Waals surface area (Å²) in [5.41, 5.74) is 2.91. The molecule has 0 aromatic carbocycles. The fraction of sp³-hybridized carbons (Fsp3) is 0.500. The fourth-order valence-electron chi connectivity index (χ4n) is 2.35. The maximum Gasteiger partial charge on any atom is 0.303 e. The first-order chi connectivity index (χ1) is 8.90. The highest BCUT2D eigenvalue weighted by Crippen LogP contribution is 2.28. The minimum absolute atomic E-state index is 0.129. The smallest absolute Gasteiger partial charge is 0.303 e. The molecule has 0 aliphatic carbocycles. The van der Waals surface area contributed by atoms with Crippen molar-refractivity contribution in [3.63, 3.8) is 0 Å². The quantitative estimate of drug-likeness (QED) is 0.917. The van der Waals surface area contributed by atoms with Gasteiger partial charge in [-0.25, -0.2) is 9.97 Å². The summed E-state index contributed by atoms with van der Waals surface area (Å²) in [4.78, 5) is 19.8. The van der Waals surface area contributed by atoms with Gasteiger partial charge in [0.25, 0.3) is 0 Å². The van der Waals surface area contributed by atoms with Crippen molar-refractivity contribution in [1.82, 2.24) is 14.5 Å². The lowest BCUT2D eigenvalue weighted by molar-refractivity contribution is -0.136. The van der Waals surface area contributed by atoms with Gasteiger partial charge in [-0.3, -0.25) is 4.79 Å². The molecule has 0 aliphatic heterocycles. The second-order valence-electron chi connectivity index (χ2n) is 5.17. The minimum Gasteiger partial charge on any atom is -0.481 e. The summed E-state index contributed by atoms with van der Waals surface area (Å²) in [6, 6.07) is 0. The number of aromatic nitrogens is 3. The van der Waals surface area contributed by atoms with Crippen molar-refractivity contribution in [2.24, 2.45) is 7.05 Å². The number of aryl methyl sites for hydroxylation is 3. The molecule has 2 aromatic heterocycles. The fourth-order valence-corrected chi connectivity index (χ4v) is 2.35. The van der Waals surface area contributed by atoms with Crippen molar-refractivity contribution in [2.75, 3.05) is 0 Å². The van der Waals surface area contributed by atoms with Crippen LogP contribution in [0.4, 0.5) is 0 Å². The summed E-state index contributed by atoms with van der Waals surface area (Å²) < 4.78 is 1.95. The standard InChI is InChI=1S/C14H19N3O2/c1-8(2)13-12-10(5-6-11(18)19)7-17(4)14(12)16-9(3)15-13/h7-8H,5-6H2,1-4H3,(H,18,19). The van der Waals surface area contributed by atoms with E-state index in [1.54, 1.807) is 0 Å². The van der Waals surface area contributed by atoms with Crippen LogP contribution in [0.15, 0.2) is 6.20 Å². The van der Waals surface area contributed by atoms with E-state index in [0.29, 0.717) is 6.42 Å². The number of rotatable bonds is 4. The lowest BCUT2D eigenvalue weighted by Crippen LogP contribution is -2.02. The third-order valence-corrected chi connectivity index (χ3v) is 3.19. The Morgan fingerprint density at radius 1 is 1.42 bits per heavy atom. The number of nitrogens with zero attached hydrogens (tertiary/aromatic N) is 3. The van der Waals surface area contributed by atoms with Crippen LogP contribution in [0.1, 0.15) is 43.3 Å². The lowest BCUT2D eigenvalue weighted by Gasteiger charge is -2.09. The molecule has 2 heterocycles. The zero-order valence-corrected chi connectivity index (χ0v) is 11.8. The summed E-state index contributed by atoms with van der Waals surface area (Å²) in [7, 11) is 1.93. The molecule has 0 spiro atoms. The number of carboxylic acid groups (broad SMARTS) is 1. The number of fused-ring (bicyclic) bond motifs is 1. The molecule has 0 bridgehead atoms. The van der Waals surface area contributed by atoms with Crippen LogP contribution in [0, 0.1) is 6.92 Å². The molecule has 0 unspecified atom stereocenters. The maximum atomic E-state index is 10.8. The van der Waals surface area contributed by atoms with Crippen molar-refractivity contribution < 1.29 is 9.90 Å². The van der Waals surface area contributed by atoms with Crippen molar-refractivity contribution >= 4 is 17.0 Å².